The molecule has 0 amide bonds. The van der Waals surface area contributed by atoms with Crippen LogP contribution in [0, 0.1) is 0 Å². The molecule has 0 saturated carbocycles. The van der Waals surface area contributed by atoms with Gasteiger partial charge in [0.2, 0.25) is 0 Å². The first kappa shape index (κ1) is 13.5. The summed E-state index contributed by atoms with van der Waals surface area (Å²) in [5, 5.41) is 8.33. The highest BCUT2D eigenvalue weighted by molar-refractivity contribution is 4.92. The van der Waals surface area contributed by atoms with E-state index in [0.29, 0.717) is 6.10 Å². The van der Waals surface area contributed by atoms with E-state index in [-0.39, 0.29) is 0 Å². The summed E-state index contributed by atoms with van der Waals surface area (Å²) in [6.07, 6.45) is 10.4. The second kappa shape index (κ2) is 7.48. The second-order valence-electron chi connectivity index (χ2n) is 5.00. The fourth-order valence-electron chi connectivity index (χ4n) is 2.37. The first-order valence-electron chi connectivity index (χ1n) is 7.09. The normalized spacial score (nSPS) is 19.5. The average molecular weight is 252 g/mol. The Bertz CT molecular complexity index is 333. The zero-order chi connectivity index (χ0) is 12.6. The molecule has 0 radical (unpaired) electrons. The molecule has 0 aliphatic carbocycles. The molecule has 1 fully saturated rings. The summed E-state index contributed by atoms with van der Waals surface area (Å²) >= 11 is 0. The zero-order valence-corrected chi connectivity index (χ0v) is 11.1. The Hall–Kier alpha value is -0.940. The third kappa shape index (κ3) is 4.38. The van der Waals surface area contributed by atoms with Crippen molar-refractivity contribution in [3.8, 4) is 0 Å². The zero-order valence-electron chi connectivity index (χ0n) is 11.1. The Morgan fingerprint density at radius 2 is 2.33 bits per heavy atom. The Morgan fingerprint density at radius 3 is 3.11 bits per heavy atom. The lowest BCUT2D eigenvalue weighted by atomic mass is 10.1. The van der Waals surface area contributed by atoms with Crippen molar-refractivity contribution in [2.75, 3.05) is 13.2 Å². The maximum absolute atomic E-state index is 5.60. The van der Waals surface area contributed by atoms with Crippen molar-refractivity contribution in [1.82, 2.24) is 15.0 Å². The number of nitrogens with zero attached hydrogens (tertiary/aromatic N) is 3. The van der Waals surface area contributed by atoms with Crippen molar-refractivity contribution in [3.05, 3.63) is 11.9 Å². The molecule has 2 N–H and O–H groups in total. The molecule has 1 atom stereocenters. The number of rotatable bonds is 8. The molecule has 1 aliphatic rings. The van der Waals surface area contributed by atoms with Gasteiger partial charge in [0, 0.05) is 19.3 Å². The lowest BCUT2D eigenvalue weighted by Gasteiger charge is -2.07. The SMILES string of the molecule is NCCCCc1cn(CCCC2CCCO2)nn1. The average Bonchev–Trinajstić information content (AvgIpc) is 3.01. The predicted octanol–water partition coefficient (Wildman–Crippen LogP) is 1.52. The Kier molecular flexibility index (Phi) is 5.61. The smallest absolute Gasteiger partial charge is 0.0827 e. The van der Waals surface area contributed by atoms with Crippen LogP contribution in [0.15, 0.2) is 6.20 Å². The highest BCUT2D eigenvalue weighted by Crippen LogP contribution is 2.17. The Labute approximate surface area is 109 Å². The largest absolute Gasteiger partial charge is 0.378 e. The van der Waals surface area contributed by atoms with Crippen LogP contribution < -0.4 is 5.73 Å². The van der Waals surface area contributed by atoms with Crippen LogP contribution >= 0.6 is 0 Å². The van der Waals surface area contributed by atoms with Crippen molar-refractivity contribution >= 4 is 0 Å². The third-order valence-corrected chi connectivity index (χ3v) is 3.41. The van der Waals surface area contributed by atoms with E-state index >= 15 is 0 Å². The van der Waals surface area contributed by atoms with E-state index in [1.807, 2.05) is 4.68 Å². The van der Waals surface area contributed by atoms with E-state index in [9.17, 15) is 0 Å². The van der Waals surface area contributed by atoms with Crippen LogP contribution in [0.3, 0.4) is 0 Å². The van der Waals surface area contributed by atoms with Gasteiger partial charge < -0.3 is 10.5 Å². The van der Waals surface area contributed by atoms with Gasteiger partial charge in [-0.15, -0.1) is 5.10 Å². The molecule has 1 aliphatic heterocycles. The second-order valence-corrected chi connectivity index (χ2v) is 5.00. The quantitative estimate of drug-likeness (QED) is 0.712. The van der Waals surface area contributed by atoms with Crippen LogP contribution in [0.5, 0.6) is 0 Å². The van der Waals surface area contributed by atoms with Crippen LogP contribution in [0.1, 0.15) is 44.2 Å². The van der Waals surface area contributed by atoms with E-state index in [1.165, 1.54) is 12.8 Å². The molecule has 0 aromatic carbocycles. The van der Waals surface area contributed by atoms with Crippen molar-refractivity contribution in [3.63, 3.8) is 0 Å². The maximum atomic E-state index is 5.60. The summed E-state index contributed by atoms with van der Waals surface area (Å²) in [6.45, 7) is 2.65. The maximum Gasteiger partial charge on any atom is 0.0827 e. The highest BCUT2D eigenvalue weighted by atomic mass is 16.5. The van der Waals surface area contributed by atoms with Gasteiger partial charge in [0.25, 0.3) is 0 Å². The molecule has 5 nitrogen and oxygen atoms in total. The topological polar surface area (TPSA) is 66.0 Å². The molecule has 1 saturated heterocycles. The summed E-state index contributed by atoms with van der Waals surface area (Å²) in [5.41, 5.74) is 6.55. The van der Waals surface area contributed by atoms with Crippen LogP contribution in [0.25, 0.3) is 0 Å². The molecule has 1 unspecified atom stereocenters. The first-order chi connectivity index (χ1) is 8.88. The summed E-state index contributed by atoms with van der Waals surface area (Å²) < 4.78 is 7.56. The van der Waals surface area contributed by atoms with Gasteiger partial charge in [0.1, 0.15) is 0 Å². The van der Waals surface area contributed by atoms with Crippen molar-refractivity contribution in [1.29, 1.82) is 0 Å². The molecular formula is C13H24N4O. The summed E-state index contributed by atoms with van der Waals surface area (Å²) in [6, 6.07) is 0. The van der Waals surface area contributed by atoms with Crippen LogP contribution in [-0.4, -0.2) is 34.2 Å². The van der Waals surface area contributed by atoms with E-state index in [4.69, 9.17) is 10.5 Å². The Morgan fingerprint density at radius 1 is 1.39 bits per heavy atom. The number of hydrogen-bond donors (Lipinski definition) is 1. The van der Waals surface area contributed by atoms with E-state index in [1.54, 1.807) is 0 Å². The van der Waals surface area contributed by atoms with E-state index in [2.05, 4.69) is 16.5 Å². The molecule has 0 spiro atoms. The van der Waals surface area contributed by atoms with Gasteiger partial charge in [-0.3, -0.25) is 4.68 Å². The molecule has 1 aromatic heterocycles. The van der Waals surface area contributed by atoms with Crippen molar-refractivity contribution in [2.24, 2.45) is 5.73 Å². The number of nitrogens with two attached hydrogens (primary N) is 1. The molecule has 0 bridgehead atoms. The number of ether oxygens (including phenoxy) is 1. The van der Waals surface area contributed by atoms with Gasteiger partial charge in [0.15, 0.2) is 0 Å². The summed E-state index contributed by atoms with van der Waals surface area (Å²) in [5.74, 6) is 0. The molecule has 2 rings (SSSR count). The lowest BCUT2D eigenvalue weighted by Crippen LogP contribution is -2.07. The monoisotopic (exact) mass is 252 g/mol. The molecule has 2 heterocycles. The summed E-state index contributed by atoms with van der Waals surface area (Å²) in [7, 11) is 0. The fourth-order valence-corrected chi connectivity index (χ4v) is 2.37. The minimum atomic E-state index is 0.484. The number of aryl methyl sites for hydroxylation is 2. The predicted molar refractivity (Wildman–Crippen MR) is 70.2 cm³/mol. The van der Waals surface area contributed by atoms with E-state index in [0.717, 1.165) is 57.5 Å². The van der Waals surface area contributed by atoms with E-state index < -0.39 is 0 Å². The molecular weight excluding hydrogens is 228 g/mol. The fraction of sp³-hybridized carbons (Fsp3) is 0.846. The van der Waals surface area contributed by atoms with Gasteiger partial charge in [-0.1, -0.05) is 5.21 Å². The van der Waals surface area contributed by atoms with Crippen LogP contribution in [0.4, 0.5) is 0 Å². The van der Waals surface area contributed by atoms with Crippen molar-refractivity contribution in [2.45, 2.75) is 57.6 Å². The molecule has 1 aromatic rings. The van der Waals surface area contributed by atoms with Gasteiger partial charge in [-0.05, 0) is 51.5 Å². The third-order valence-electron chi connectivity index (χ3n) is 3.41. The van der Waals surface area contributed by atoms with Crippen molar-refractivity contribution < 1.29 is 4.74 Å². The van der Waals surface area contributed by atoms with Crippen LogP contribution in [-0.2, 0) is 17.7 Å². The molecule has 5 heteroatoms. The number of unbranched alkanes of at least 4 members (excludes halogenated alkanes) is 1. The van der Waals surface area contributed by atoms with Gasteiger partial charge in [-0.2, -0.15) is 0 Å². The lowest BCUT2D eigenvalue weighted by molar-refractivity contribution is 0.101. The minimum absolute atomic E-state index is 0.484. The Balaban J connectivity index is 1.63. The number of aromatic nitrogens is 3. The number of hydrogen-bond acceptors (Lipinski definition) is 4. The summed E-state index contributed by atoms with van der Waals surface area (Å²) in [4.78, 5) is 0. The standard InChI is InChI=1S/C13H24N4O/c14-8-2-1-5-12-11-17(16-15-12)9-3-6-13-7-4-10-18-13/h11,13H,1-10,14H2. The van der Waals surface area contributed by atoms with Crippen LogP contribution in [0.2, 0.25) is 0 Å². The van der Waals surface area contributed by atoms with Gasteiger partial charge in [-0.25, -0.2) is 0 Å². The highest BCUT2D eigenvalue weighted by Gasteiger charge is 2.14. The molecule has 18 heavy (non-hydrogen) atoms. The van der Waals surface area contributed by atoms with Gasteiger partial charge >= 0.3 is 0 Å². The van der Waals surface area contributed by atoms with Gasteiger partial charge in [0.05, 0.1) is 11.8 Å². The minimum Gasteiger partial charge on any atom is -0.378 e. The molecule has 102 valence electrons. The first-order valence-corrected chi connectivity index (χ1v) is 7.09.